The number of hydrogen-bond acceptors (Lipinski definition) is 5. The van der Waals surface area contributed by atoms with Crippen LogP contribution in [-0.2, 0) is 0 Å². The lowest BCUT2D eigenvalue weighted by atomic mass is 9.75. The van der Waals surface area contributed by atoms with Crippen molar-refractivity contribution in [3.63, 3.8) is 0 Å². The molecule has 1 fully saturated rings. The first kappa shape index (κ1) is 18.2. The van der Waals surface area contributed by atoms with Crippen LogP contribution in [0.3, 0.4) is 0 Å². The standard InChI is InChI=1S/C21H21N3O4/c1-28-15-8-13(10-22-11-15)20(12-6-14(25)7-12)24-21(27)17-9-19(26)23-18-5-3-2-4-16(17)18/h2-5,8-12,14,20,25H,6-7H2,1H3,(H,23,26)(H,24,27)/t12?,14?,20-/m0/s1. The van der Waals surface area contributed by atoms with Crippen LogP contribution in [0.1, 0.15) is 34.8 Å². The molecule has 0 unspecified atom stereocenters. The summed E-state index contributed by atoms with van der Waals surface area (Å²) in [5.41, 5.74) is 1.40. The van der Waals surface area contributed by atoms with E-state index in [1.54, 1.807) is 37.7 Å². The minimum atomic E-state index is -0.358. The van der Waals surface area contributed by atoms with Crippen LogP contribution in [0.4, 0.5) is 0 Å². The highest BCUT2D eigenvalue weighted by Crippen LogP contribution is 2.38. The van der Waals surface area contributed by atoms with Gasteiger partial charge in [0.1, 0.15) is 5.75 Å². The lowest BCUT2D eigenvalue weighted by Crippen LogP contribution is -2.41. The number of para-hydroxylation sites is 1. The van der Waals surface area contributed by atoms with E-state index in [0.29, 0.717) is 35.1 Å². The van der Waals surface area contributed by atoms with Gasteiger partial charge in [0.15, 0.2) is 0 Å². The van der Waals surface area contributed by atoms with E-state index < -0.39 is 0 Å². The van der Waals surface area contributed by atoms with E-state index in [1.165, 1.54) is 6.07 Å². The molecule has 1 amide bonds. The fourth-order valence-corrected chi connectivity index (χ4v) is 3.70. The molecule has 7 heteroatoms. The lowest BCUT2D eigenvalue weighted by molar-refractivity contribution is 0.0234. The Morgan fingerprint density at radius 1 is 1.29 bits per heavy atom. The Hall–Kier alpha value is -3.19. The van der Waals surface area contributed by atoms with Crippen LogP contribution >= 0.6 is 0 Å². The van der Waals surface area contributed by atoms with Gasteiger partial charge in [0.2, 0.25) is 5.56 Å². The molecule has 144 valence electrons. The number of aliphatic hydroxyl groups excluding tert-OH is 1. The van der Waals surface area contributed by atoms with E-state index in [9.17, 15) is 14.7 Å². The summed E-state index contributed by atoms with van der Waals surface area (Å²) in [5, 5.41) is 13.5. The van der Waals surface area contributed by atoms with Crippen LogP contribution in [0.5, 0.6) is 5.75 Å². The minimum absolute atomic E-state index is 0.0844. The molecule has 1 atom stereocenters. The van der Waals surface area contributed by atoms with Crippen molar-refractivity contribution in [1.29, 1.82) is 0 Å². The zero-order valence-corrected chi connectivity index (χ0v) is 15.4. The van der Waals surface area contributed by atoms with E-state index in [1.807, 2.05) is 12.1 Å². The second kappa shape index (κ2) is 7.44. The van der Waals surface area contributed by atoms with Gasteiger partial charge in [-0.05, 0) is 36.5 Å². The molecule has 2 aromatic heterocycles. The number of hydrogen-bond donors (Lipinski definition) is 3. The number of amides is 1. The first-order valence-corrected chi connectivity index (χ1v) is 9.15. The summed E-state index contributed by atoms with van der Waals surface area (Å²) in [6.45, 7) is 0. The van der Waals surface area contributed by atoms with Gasteiger partial charge in [0.05, 0.1) is 31.0 Å². The van der Waals surface area contributed by atoms with Crippen molar-refractivity contribution in [2.45, 2.75) is 25.0 Å². The van der Waals surface area contributed by atoms with Crippen molar-refractivity contribution < 1.29 is 14.6 Å². The molecule has 1 saturated carbocycles. The number of benzene rings is 1. The number of ether oxygens (including phenoxy) is 1. The molecule has 1 aliphatic rings. The fourth-order valence-electron chi connectivity index (χ4n) is 3.70. The van der Waals surface area contributed by atoms with Gasteiger partial charge in [-0.25, -0.2) is 0 Å². The van der Waals surface area contributed by atoms with Crippen molar-refractivity contribution in [1.82, 2.24) is 15.3 Å². The average molecular weight is 379 g/mol. The van der Waals surface area contributed by atoms with Crippen LogP contribution < -0.4 is 15.6 Å². The summed E-state index contributed by atoms with van der Waals surface area (Å²) in [7, 11) is 1.56. The van der Waals surface area contributed by atoms with Crippen LogP contribution in [0.2, 0.25) is 0 Å². The van der Waals surface area contributed by atoms with Gasteiger partial charge < -0.3 is 20.1 Å². The van der Waals surface area contributed by atoms with E-state index in [-0.39, 0.29) is 29.5 Å². The average Bonchev–Trinajstić information content (AvgIpc) is 2.69. The molecule has 0 radical (unpaired) electrons. The Kier molecular flexibility index (Phi) is 4.83. The third kappa shape index (κ3) is 3.48. The molecule has 7 nitrogen and oxygen atoms in total. The molecule has 1 aliphatic carbocycles. The van der Waals surface area contributed by atoms with Gasteiger partial charge >= 0.3 is 0 Å². The second-order valence-electron chi connectivity index (χ2n) is 7.09. The Morgan fingerprint density at radius 3 is 2.82 bits per heavy atom. The maximum absolute atomic E-state index is 13.1. The number of methoxy groups -OCH3 is 1. The number of H-pyrrole nitrogens is 1. The van der Waals surface area contributed by atoms with Gasteiger partial charge in [-0.3, -0.25) is 14.6 Å². The first-order valence-electron chi connectivity index (χ1n) is 9.15. The van der Waals surface area contributed by atoms with Gasteiger partial charge in [0, 0.05) is 23.2 Å². The number of rotatable bonds is 5. The Labute approximate surface area is 161 Å². The van der Waals surface area contributed by atoms with Crippen LogP contribution in [-0.4, -0.2) is 34.2 Å². The zero-order valence-electron chi connectivity index (χ0n) is 15.4. The summed E-state index contributed by atoms with van der Waals surface area (Å²) in [6, 6.07) is 10.0. The van der Waals surface area contributed by atoms with E-state index in [4.69, 9.17) is 4.74 Å². The highest BCUT2D eigenvalue weighted by molar-refractivity contribution is 6.06. The third-order valence-corrected chi connectivity index (χ3v) is 5.23. The predicted molar refractivity (Wildman–Crippen MR) is 104 cm³/mol. The number of fused-ring (bicyclic) bond motifs is 1. The van der Waals surface area contributed by atoms with Crippen LogP contribution in [0.15, 0.2) is 53.6 Å². The lowest BCUT2D eigenvalue weighted by Gasteiger charge is -2.38. The molecular weight excluding hydrogens is 358 g/mol. The summed E-state index contributed by atoms with van der Waals surface area (Å²) >= 11 is 0. The SMILES string of the molecule is COc1cncc([C@@H](NC(=O)c2cc(=O)[nH]c3ccccc23)C2CC(O)C2)c1. The molecule has 1 aromatic carbocycles. The third-order valence-electron chi connectivity index (χ3n) is 5.23. The Bertz CT molecular complexity index is 1070. The maximum atomic E-state index is 13.1. The second-order valence-corrected chi connectivity index (χ2v) is 7.09. The summed E-state index contributed by atoms with van der Waals surface area (Å²) in [5.74, 6) is 0.343. The smallest absolute Gasteiger partial charge is 0.252 e. The number of nitrogens with zero attached hydrogens (tertiary/aromatic N) is 1. The number of carbonyl (C=O) groups is 1. The zero-order chi connectivity index (χ0) is 19.7. The minimum Gasteiger partial charge on any atom is -0.495 e. The van der Waals surface area contributed by atoms with Gasteiger partial charge in [0.25, 0.3) is 5.91 Å². The van der Waals surface area contributed by atoms with Crippen molar-refractivity contribution in [3.8, 4) is 5.75 Å². The molecule has 2 heterocycles. The van der Waals surface area contributed by atoms with Gasteiger partial charge in [-0.2, -0.15) is 0 Å². The molecule has 0 spiro atoms. The highest BCUT2D eigenvalue weighted by Gasteiger charge is 2.36. The molecule has 3 N–H and O–H groups in total. The number of aliphatic hydroxyl groups is 1. The quantitative estimate of drug-likeness (QED) is 0.630. The molecule has 28 heavy (non-hydrogen) atoms. The van der Waals surface area contributed by atoms with E-state index in [2.05, 4.69) is 15.3 Å². The molecule has 4 rings (SSSR count). The molecule has 0 bridgehead atoms. The van der Waals surface area contributed by atoms with Crippen molar-refractivity contribution in [2.24, 2.45) is 5.92 Å². The molecule has 3 aromatic rings. The number of nitrogens with one attached hydrogen (secondary N) is 2. The normalized spacial score (nSPS) is 19.6. The Morgan fingerprint density at radius 2 is 2.07 bits per heavy atom. The van der Waals surface area contributed by atoms with Crippen molar-refractivity contribution >= 4 is 16.8 Å². The number of aromatic nitrogens is 2. The number of pyridine rings is 2. The number of aromatic amines is 1. The van der Waals surface area contributed by atoms with E-state index >= 15 is 0 Å². The summed E-state index contributed by atoms with van der Waals surface area (Å²) in [4.78, 5) is 32.0. The van der Waals surface area contributed by atoms with Crippen molar-refractivity contribution in [2.75, 3.05) is 7.11 Å². The fraction of sp³-hybridized carbons (Fsp3) is 0.286. The predicted octanol–water partition coefficient (Wildman–Crippen LogP) is 2.17. The topological polar surface area (TPSA) is 104 Å². The summed E-state index contributed by atoms with van der Waals surface area (Å²) < 4.78 is 5.25. The monoisotopic (exact) mass is 379 g/mol. The number of carbonyl (C=O) groups excluding carboxylic acids is 1. The maximum Gasteiger partial charge on any atom is 0.252 e. The Balaban J connectivity index is 1.69. The molecule has 0 aliphatic heterocycles. The van der Waals surface area contributed by atoms with Crippen LogP contribution in [0.25, 0.3) is 10.9 Å². The van der Waals surface area contributed by atoms with Crippen LogP contribution in [0, 0.1) is 5.92 Å². The summed E-state index contributed by atoms with van der Waals surface area (Å²) in [6.07, 6.45) is 4.12. The largest absolute Gasteiger partial charge is 0.495 e. The molecular formula is C21H21N3O4. The first-order chi connectivity index (χ1) is 13.5. The van der Waals surface area contributed by atoms with Gasteiger partial charge in [-0.15, -0.1) is 0 Å². The van der Waals surface area contributed by atoms with E-state index in [0.717, 1.165) is 5.56 Å². The van der Waals surface area contributed by atoms with Crippen molar-refractivity contribution in [3.05, 3.63) is 70.3 Å². The molecule has 0 saturated heterocycles. The highest BCUT2D eigenvalue weighted by atomic mass is 16.5. The van der Waals surface area contributed by atoms with Gasteiger partial charge in [-0.1, -0.05) is 18.2 Å².